The molecule has 0 amide bonds. The molecule has 1 atom stereocenters. The maximum atomic E-state index is 5.77. The highest BCUT2D eigenvalue weighted by atomic mass is 32.1. The molecule has 2 N–H and O–H groups in total. The summed E-state index contributed by atoms with van der Waals surface area (Å²) in [5.74, 6) is 1.20. The van der Waals surface area contributed by atoms with Gasteiger partial charge in [-0.2, -0.15) is 10.1 Å². The summed E-state index contributed by atoms with van der Waals surface area (Å²) in [4.78, 5) is 9.33. The molecule has 2 heterocycles. The number of aryl methyl sites for hydroxylation is 2. The highest BCUT2D eigenvalue weighted by molar-refractivity contribution is 7.80. The van der Waals surface area contributed by atoms with Crippen molar-refractivity contribution in [2.45, 2.75) is 40.5 Å². The average molecular weight is 353 g/mol. The van der Waals surface area contributed by atoms with Gasteiger partial charge in [-0.15, -0.1) is 0 Å². The van der Waals surface area contributed by atoms with Crippen LogP contribution in [0.25, 0.3) is 16.9 Å². The number of benzene rings is 1. The summed E-state index contributed by atoms with van der Waals surface area (Å²) < 4.78 is 1.87. The Kier molecular flexibility index (Phi) is 4.81. The highest BCUT2D eigenvalue weighted by Gasteiger charge is 2.19. The lowest BCUT2D eigenvalue weighted by Crippen LogP contribution is -2.12. The summed E-state index contributed by atoms with van der Waals surface area (Å²) in [6, 6.07) is 6.09. The van der Waals surface area contributed by atoms with Gasteiger partial charge in [0, 0.05) is 11.1 Å². The van der Waals surface area contributed by atoms with Crippen LogP contribution >= 0.6 is 12.2 Å². The van der Waals surface area contributed by atoms with Crippen LogP contribution in [-0.4, -0.2) is 24.6 Å². The van der Waals surface area contributed by atoms with Crippen molar-refractivity contribution in [3.8, 4) is 11.1 Å². The summed E-state index contributed by atoms with van der Waals surface area (Å²) in [5, 5.41) is 4.41. The van der Waals surface area contributed by atoms with E-state index in [-0.39, 0.29) is 0 Å². The van der Waals surface area contributed by atoms with Crippen molar-refractivity contribution in [2.75, 3.05) is 0 Å². The highest BCUT2D eigenvalue weighted by Crippen LogP contribution is 2.32. The number of rotatable bonds is 5. The third kappa shape index (κ3) is 3.26. The molecule has 0 spiro atoms. The second-order valence-corrected chi connectivity index (χ2v) is 7.04. The Morgan fingerprint density at radius 3 is 2.72 bits per heavy atom. The number of hydrogen-bond donors (Lipinski definition) is 1. The first-order valence-corrected chi connectivity index (χ1v) is 8.93. The van der Waals surface area contributed by atoms with Crippen LogP contribution < -0.4 is 5.73 Å². The molecule has 6 heteroatoms. The van der Waals surface area contributed by atoms with Crippen molar-refractivity contribution in [1.82, 2.24) is 19.6 Å². The maximum absolute atomic E-state index is 5.77. The Morgan fingerprint density at radius 2 is 2.08 bits per heavy atom. The number of aromatic nitrogens is 4. The summed E-state index contributed by atoms with van der Waals surface area (Å²) in [6.45, 7) is 8.57. The molecule has 130 valence electrons. The van der Waals surface area contributed by atoms with E-state index in [1.807, 2.05) is 23.6 Å². The van der Waals surface area contributed by atoms with Gasteiger partial charge in [-0.05, 0) is 43.4 Å². The van der Waals surface area contributed by atoms with Crippen molar-refractivity contribution in [2.24, 2.45) is 11.7 Å². The first kappa shape index (κ1) is 17.5. The molecule has 0 bridgehead atoms. The third-order valence-electron chi connectivity index (χ3n) is 4.72. The van der Waals surface area contributed by atoms with E-state index in [1.165, 1.54) is 0 Å². The number of hydrogen-bond acceptors (Lipinski definition) is 4. The van der Waals surface area contributed by atoms with E-state index in [9.17, 15) is 0 Å². The molecular formula is C19H23N5S. The summed E-state index contributed by atoms with van der Waals surface area (Å²) in [6.07, 6.45) is 3.59. The zero-order valence-corrected chi connectivity index (χ0v) is 15.9. The second kappa shape index (κ2) is 6.88. The van der Waals surface area contributed by atoms with E-state index >= 15 is 0 Å². The number of nitrogens with zero attached hydrogens (tertiary/aromatic N) is 4. The molecule has 0 saturated heterocycles. The molecule has 0 saturated carbocycles. The molecule has 3 rings (SSSR count). The lowest BCUT2D eigenvalue weighted by atomic mass is 9.92. The minimum absolute atomic E-state index is 0.413. The number of nitrogens with two attached hydrogens (primary N) is 1. The van der Waals surface area contributed by atoms with Crippen molar-refractivity contribution in [1.29, 1.82) is 0 Å². The topological polar surface area (TPSA) is 69.1 Å². The molecule has 0 fully saturated rings. The molecule has 0 radical (unpaired) electrons. The van der Waals surface area contributed by atoms with E-state index in [4.69, 9.17) is 18.0 Å². The van der Waals surface area contributed by atoms with Crippen LogP contribution in [0.3, 0.4) is 0 Å². The zero-order valence-electron chi connectivity index (χ0n) is 15.1. The zero-order chi connectivity index (χ0) is 18.1. The van der Waals surface area contributed by atoms with Gasteiger partial charge in [0.05, 0.1) is 11.4 Å². The van der Waals surface area contributed by atoms with Crippen molar-refractivity contribution in [3.05, 3.63) is 47.0 Å². The normalized spacial score (nSPS) is 12.5. The predicted octanol–water partition coefficient (Wildman–Crippen LogP) is 3.63. The first-order chi connectivity index (χ1) is 11.9. The van der Waals surface area contributed by atoms with Gasteiger partial charge in [0.2, 0.25) is 0 Å². The quantitative estimate of drug-likeness (QED) is 0.709. The molecular weight excluding hydrogens is 330 g/mol. The molecule has 0 aliphatic heterocycles. The molecule has 0 aliphatic carbocycles. The molecule has 1 unspecified atom stereocenters. The minimum atomic E-state index is 0.413. The first-order valence-electron chi connectivity index (χ1n) is 8.52. The molecule has 3 aromatic rings. The van der Waals surface area contributed by atoms with Gasteiger partial charge in [0.1, 0.15) is 11.3 Å². The van der Waals surface area contributed by atoms with Crippen LogP contribution in [0.1, 0.15) is 42.8 Å². The van der Waals surface area contributed by atoms with E-state index in [0.717, 1.165) is 46.5 Å². The lowest BCUT2D eigenvalue weighted by Gasteiger charge is -2.18. The van der Waals surface area contributed by atoms with Crippen LogP contribution in [0.2, 0.25) is 0 Å². The fraction of sp³-hybridized carbons (Fsp3) is 0.368. The van der Waals surface area contributed by atoms with Crippen molar-refractivity contribution < 1.29 is 0 Å². The Hall–Kier alpha value is -2.34. The standard InChI is InChI=1S/C19H23N5S/c1-5-11(2)8-16-17(13(4)23-19-21-10-22-24(16)19)15-7-6-14(18(20)25)9-12(15)3/h6-7,9-11H,5,8H2,1-4H3,(H2,20,25). The van der Waals surface area contributed by atoms with Gasteiger partial charge < -0.3 is 5.73 Å². The molecule has 5 nitrogen and oxygen atoms in total. The van der Waals surface area contributed by atoms with Crippen LogP contribution in [0.15, 0.2) is 24.5 Å². The van der Waals surface area contributed by atoms with Crippen LogP contribution in [0.4, 0.5) is 0 Å². The summed E-state index contributed by atoms with van der Waals surface area (Å²) in [7, 11) is 0. The molecule has 1 aromatic carbocycles. The van der Waals surface area contributed by atoms with E-state index in [1.54, 1.807) is 6.33 Å². The van der Waals surface area contributed by atoms with Crippen LogP contribution in [0, 0.1) is 19.8 Å². The smallest absolute Gasteiger partial charge is 0.252 e. The van der Waals surface area contributed by atoms with E-state index < -0.39 is 0 Å². The lowest BCUT2D eigenvalue weighted by molar-refractivity contribution is 0.544. The van der Waals surface area contributed by atoms with Gasteiger partial charge in [-0.1, -0.05) is 44.6 Å². The average Bonchev–Trinajstić information content (AvgIpc) is 3.03. The van der Waals surface area contributed by atoms with Gasteiger partial charge in [0.15, 0.2) is 0 Å². The SMILES string of the molecule is CCC(C)Cc1c(-c2ccc(C(N)=S)cc2C)c(C)nc2ncnn12. The maximum Gasteiger partial charge on any atom is 0.252 e. The molecule has 2 aromatic heterocycles. The monoisotopic (exact) mass is 353 g/mol. The fourth-order valence-corrected chi connectivity index (χ4v) is 3.26. The summed E-state index contributed by atoms with van der Waals surface area (Å²) >= 11 is 5.10. The largest absolute Gasteiger partial charge is 0.389 e. The Labute approximate surface area is 153 Å². The summed E-state index contributed by atoms with van der Waals surface area (Å²) in [5.41, 5.74) is 12.2. The Morgan fingerprint density at radius 1 is 1.32 bits per heavy atom. The second-order valence-electron chi connectivity index (χ2n) is 6.60. The number of fused-ring (bicyclic) bond motifs is 1. The van der Waals surface area contributed by atoms with Crippen molar-refractivity contribution >= 4 is 23.0 Å². The van der Waals surface area contributed by atoms with Crippen LogP contribution in [0.5, 0.6) is 0 Å². The van der Waals surface area contributed by atoms with E-state index in [0.29, 0.717) is 16.7 Å². The Bertz CT molecular complexity index is 944. The van der Waals surface area contributed by atoms with Gasteiger partial charge >= 0.3 is 0 Å². The van der Waals surface area contributed by atoms with Crippen LogP contribution in [-0.2, 0) is 6.42 Å². The number of thiocarbonyl (C=S) groups is 1. The predicted molar refractivity (Wildman–Crippen MR) is 105 cm³/mol. The van der Waals surface area contributed by atoms with Crippen molar-refractivity contribution in [3.63, 3.8) is 0 Å². The minimum Gasteiger partial charge on any atom is -0.389 e. The Balaban J connectivity index is 2.26. The molecule has 25 heavy (non-hydrogen) atoms. The van der Waals surface area contributed by atoms with Gasteiger partial charge in [0.25, 0.3) is 5.78 Å². The fourth-order valence-electron chi connectivity index (χ4n) is 3.13. The third-order valence-corrected chi connectivity index (χ3v) is 4.96. The molecule has 0 aliphatic rings. The van der Waals surface area contributed by atoms with Gasteiger partial charge in [-0.3, -0.25) is 0 Å². The van der Waals surface area contributed by atoms with E-state index in [2.05, 4.69) is 41.9 Å². The van der Waals surface area contributed by atoms with Gasteiger partial charge in [-0.25, -0.2) is 9.50 Å².